The zero-order valence-electron chi connectivity index (χ0n) is 11.9. The minimum absolute atomic E-state index is 0.566. The van der Waals surface area contributed by atoms with E-state index in [2.05, 4.69) is 59.6 Å². The Morgan fingerprint density at radius 2 is 1.90 bits per heavy atom. The van der Waals surface area contributed by atoms with Crippen LogP contribution in [0.4, 0.5) is 5.69 Å². The van der Waals surface area contributed by atoms with Gasteiger partial charge in [0.15, 0.2) is 0 Å². The molecule has 1 heterocycles. The van der Waals surface area contributed by atoms with Gasteiger partial charge in [0.1, 0.15) is 0 Å². The molecule has 2 aliphatic rings. The monoisotopic (exact) mass is 264 g/mol. The van der Waals surface area contributed by atoms with Crippen LogP contribution in [0.2, 0.25) is 0 Å². The van der Waals surface area contributed by atoms with Gasteiger partial charge in [-0.05, 0) is 36.1 Å². The largest absolute Gasteiger partial charge is 0.368 e. The Morgan fingerprint density at radius 1 is 1.05 bits per heavy atom. The number of nitrogens with one attached hydrogen (secondary N) is 1. The molecule has 1 atom stereocenters. The molecular formula is C18H20N2. The summed E-state index contributed by atoms with van der Waals surface area (Å²) in [6, 6.07) is 16.2. The fourth-order valence-corrected chi connectivity index (χ4v) is 3.58. The predicted octanol–water partition coefficient (Wildman–Crippen LogP) is 3.06. The highest BCUT2D eigenvalue weighted by molar-refractivity contribution is 5.87. The molecule has 1 aliphatic heterocycles. The van der Waals surface area contributed by atoms with Crippen LogP contribution in [0.5, 0.6) is 0 Å². The summed E-state index contributed by atoms with van der Waals surface area (Å²) < 4.78 is 0. The van der Waals surface area contributed by atoms with E-state index in [0.29, 0.717) is 6.04 Å². The molecule has 1 aliphatic carbocycles. The smallest absolute Gasteiger partial charge is 0.0449 e. The number of hydrogen-bond acceptors (Lipinski definition) is 2. The van der Waals surface area contributed by atoms with Gasteiger partial charge >= 0.3 is 0 Å². The Hall–Kier alpha value is -1.80. The van der Waals surface area contributed by atoms with Gasteiger partial charge in [0, 0.05) is 36.9 Å². The van der Waals surface area contributed by atoms with Gasteiger partial charge in [0.2, 0.25) is 0 Å². The molecule has 0 radical (unpaired) electrons. The Morgan fingerprint density at radius 3 is 2.80 bits per heavy atom. The minimum atomic E-state index is 0.566. The number of fused-ring (bicyclic) bond motifs is 3. The summed E-state index contributed by atoms with van der Waals surface area (Å²) >= 11 is 0. The Balaban J connectivity index is 1.82. The van der Waals surface area contributed by atoms with Crippen LogP contribution < -0.4 is 10.2 Å². The van der Waals surface area contributed by atoms with Crippen LogP contribution in [0.25, 0.3) is 11.1 Å². The fraction of sp³-hybridized carbons (Fsp3) is 0.333. The van der Waals surface area contributed by atoms with E-state index >= 15 is 0 Å². The number of piperazine rings is 1. The average molecular weight is 264 g/mol. The highest BCUT2D eigenvalue weighted by atomic mass is 15.2. The number of rotatable bonds is 1. The lowest BCUT2D eigenvalue weighted by Gasteiger charge is -2.35. The number of nitrogens with zero attached hydrogens (tertiary/aromatic N) is 1. The summed E-state index contributed by atoms with van der Waals surface area (Å²) in [4.78, 5) is 2.54. The lowest BCUT2D eigenvalue weighted by molar-refractivity contribution is 0.485. The molecule has 0 amide bonds. The third-order valence-electron chi connectivity index (χ3n) is 4.51. The van der Waals surface area contributed by atoms with Gasteiger partial charge in [0.05, 0.1) is 0 Å². The van der Waals surface area contributed by atoms with Crippen molar-refractivity contribution in [3.8, 4) is 11.1 Å². The van der Waals surface area contributed by atoms with Crippen molar-refractivity contribution >= 4 is 5.69 Å². The maximum absolute atomic E-state index is 3.53. The van der Waals surface area contributed by atoms with Crippen molar-refractivity contribution in [1.29, 1.82) is 0 Å². The molecule has 0 bridgehead atoms. The average Bonchev–Trinajstić information content (AvgIpc) is 2.85. The Bertz CT molecular complexity index is 648. The van der Waals surface area contributed by atoms with Crippen molar-refractivity contribution in [1.82, 2.24) is 5.32 Å². The third-order valence-corrected chi connectivity index (χ3v) is 4.51. The molecule has 0 saturated carbocycles. The van der Waals surface area contributed by atoms with Crippen molar-refractivity contribution in [2.24, 2.45) is 0 Å². The van der Waals surface area contributed by atoms with Gasteiger partial charge in [0.25, 0.3) is 0 Å². The van der Waals surface area contributed by atoms with E-state index in [9.17, 15) is 0 Å². The molecule has 1 saturated heterocycles. The summed E-state index contributed by atoms with van der Waals surface area (Å²) in [6.45, 7) is 5.54. The fourth-order valence-electron chi connectivity index (χ4n) is 3.58. The molecular weight excluding hydrogens is 244 g/mol. The van der Waals surface area contributed by atoms with Crippen LogP contribution in [0.15, 0.2) is 42.5 Å². The predicted molar refractivity (Wildman–Crippen MR) is 84.4 cm³/mol. The van der Waals surface area contributed by atoms with Crippen molar-refractivity contribution in [2.45, 2.75) is 19.4 Å². The van der Waals surface area contributed by atoms with Crippen LogP contribution in [0.1, 0.15) is 18.1 Å². The highest BCUT2D eigenvalue weighted by Crippen LogP contribution is 2.42. The summed E-state index contributed by atoms with van der Waals surface area (Å²) in [5.41, 5.74) is 7.27. The third kappa shape index (κ3) is 1.83. The summed E-state index contributed by atoms with van der Waals surface area (Å²) in [5, 5.41) is 3.53. The van der Waals surface area contributed by atoms with E-state index in [0.717, 1.165) is 26.1 Å². The SMILES string of the molecule is CC1CN(c2cccc3c2-c2ccccc2C3)CCN1. The standard InChI is InChI=1S/C18H20N2/c1-13-12-20(10-9-19-13)17-8-4-6-15-11-14-5-2-3-7-16(14)18(15)17/h2-8,13,19H,9-12H2,1H3. The molecule has 1 fully saturated rings. The first kappa shape index (κ1) is 12.0. The Labute approximate surface area is 120 Å². The quantitative estimate of drug-likeness (QED) is 0.726. The zero-order chi connectivity index (χ0) is 13.5. The lowest BCUT2D eigenvalue weighted by atomic mass is 10.0. The summed E-state index contributed by atoms with van der Waals surface area (Å²) in [7, 11) is 0. The van der Waals surface area contributed by atoms with Gasteiger partial charge in [-0.3, -0.25) is 0 Å². The maximum atomic E-state index is 3.53. The Kier molecular flexibility index (Phi) is 2.78. The van der Waals surface area contributed by atoms with Crippen LogP contribution in [-0.4, -0.2) is 25.7 Å². The molecule has 1 N–H and O–H groups in total. The number of anilines is 1. The van der Waals surface area contributed by atoms with Gasteiger partial charge in [-0.2, -0.15) is 0 Å². The van der Waals surface area contributed by atoms with Crippen molar-refractivity contribution in [3.05, 3.63) is 53.6 Å². The second kappa shape index (κ2) is 4.64. The second-order valence-electron chi connectivity index (χ2n) is 5.95. The molecule has 1 unspecified atom stereocenters. The van der Waals surface area contributed by atoms with Crippen LogP contribution in [-0.2, 0) is 6.42 Å². The molecule has 2 heteroatoms. The first-order valence-corrected chi connectivity index (χ1v) is 7.51. The van der Waals surface area contributed by atoms with Crippen LogP contribution in [0, 0.1) is 0 Å². The van der Waals surface area contributed by atoms with E-state index < -0.39 is 0 Å². The topological polar surface area (TPSA) is 15.3 Å². The van der Waals surface area contributed by atoms with Crippen molar-refractivity contribution in [3.63, 3.8) is 0 Å². The molecule has 0 aromatic heterocycles. The molecule has 4 rings (SSSR count). The van der Waals surface area contributed by atoms with Crippen molar-refractivity contribution in [2.75, 3.05) is 24.5 Å². The van der Waals surface area contributed by atoms with Crippen LogP contribution in [0.3, 0.4) is 0 Å². The van der Waals surface area contributed by atoms with Gasteiger partial charge < -0.3 is 10.2 Å². The maximum Gasteiger partial charge on any atom is 0.0449 e. The second-order valence-corrected chi connectivity index (χ2v) is 5.95. The first-order valence-electron chi connectivity index (χ1n) is 7.51. The van der Waals surface area contributed by atoms with Gasteiger partial charge in [-0.25, -0.2) is 0 Å². The molecule has 2 aromatic rings. The summed E-state index contributed by atoms with van der Waals surface area (Å²) in [5.74, 6) is 0. The molecule has 2 nitrogen and oxygen atoms in total. The normalized spacial score (nSPS) is 20.6. The molecule has 102 valence electrons. The van der Waals surface area contributed by atoms with E-state index in [-0.39, 0.29) is 0 Å². The van der Waals surface area contributed by atoms with E-state index in [4.69, 9.17) is 0 Å². The van der Waals surface area contributed by atoms with Crippen molar-refractivity contribution < 1.29 is 0 Å². The molecule has 0 spiro atoms. The number of benzene rings is 2. The minimum Gasteiger partial charge on any atom is -0.368 e. The molecule has 20 heavy (non-hydrogen) atoms. The summed E-state index contributed by atoms with van der Waals surface area (Å²) in [6.07, 6.45) is 1.08. The van der Waals surface area contributed by atoms with E-state index in [1.807, 2.05) is 0 Å². The van der Waals surface area contributed by atoms with Gasteiger partial charge in [-0.15, -0.1) is 0 Å². The van der Waals surface area contributed by atoms with Crippen LogP contribution >= 0.6 is 0 Å². The number of hydrogen-bond donors (Lipinski definition) is 1. The van der Waals surface area contributed by atoms with E-state index in [1.54, 1.807) is 0 Å². The zero-order valence-corrected chi connectivity index (χ0v) is 11.9. The highest BCUT2D eigenvalue weighted by Gasteiger charge is 2.25. The first-order chi connectivity index (χ1) is 9.83. The van der Waals surface area contributed by atoms with Gasteiger partial charge in [-0.1, -0.05) is 36.4 Å². The lowest BCUT2D eigenvalue weighted by Crippen LogP contribution is -2.49. The molecule has 2 aromatic carbocycles. The van der Waals surface area contributed by atoms with E-state index in [1.165, 1.54) is 27.9 Å².